The summed E-state index contributed by atoms with van der Waals surface area (Å²) in [6, 6.07) is 13.3. The maximum Gasteiger partial charge on any atom is 0.307 e. The molecular formula is C20H22N2O6. The van der Waals surface area contributed by atoms with Gasteiger partial charge in [0.25, 0.3) is 11.6 Å². The largest absolute Gasteiger partial charge is 0.494 e. The lowest BCUT2D eigenvalue weighted by molar-refractivity contribution is -0.384. The molecule has 0 aliphatic heterocycles. The fraction of sp³-hybridized carbons (Fsp3) is 0.300. The molecule has 0 aliphatic carbocycles. The van der Waals surface area contributed by atoms with Crippen LogP contribution in [-0.4, -0.2) is 30.0 Å². The third-order valence-electron chi connectivity index (χ3n) is 4.17. The van der Waals surface area contributed by atoms with Gasteiger partial charge in [0.15, 0.2) is 6.10 Å². The first kappa shape index (κ1) is 20.9. The van der Waals surface area contributed by atoms with E-state index in [-0.39, 0.29) is 29.5 Å². The van der Waals surface area contributed by atoms with Crippen molar-refractivity contribution in [2.24, 2.45) is 0 Å². The van der Waals surface area contributed by atoms with Crippen molar-refractivity contribution >= 4 is 23.3 Å². The molecule has 0 radical (unpaired) electrons. The molecule has 0 fully saturated rings. The van der Waals surface area contributed by atoms with Crippen LogP contribution in [0, 0.1) is 10.1 Å². The van der Waals surface area contributed by atoms with Gasteiger partial charge < -0.3 is 14.8 Å². The van der Waals surface area contributed by atoms with Crippen molar-refractivity contribution in [2.75, 3.05) is 12.4 Å². The Kier molecular flexibility index (Phi) is 7.08. The molecule has 2 rings (SSSR count). The molecule has 0 unspecified atom stereocenters. The fourth-order valence-corrected chi connectivity index (χ4v) is 2.58. The van der Waals surface area contributed by atoms with Crippen LogP contribution in [0.3, 0.4) is 0 Å². The minimum atomic E-state index is -1.03. The van der Waals surface area contributed by atoms with Crippen LogP contribution in [0.15, 0.2) is 48.5 Å². The van der Waals surface area contributed by atoms with E-state index in [1.165, 1.54) is 32.2 Å². The molecule has 2 atom stereocenters. The SMILES string of the molecule is COc1cc([N+](=O)[O-])ccc1NC(=O)[C@@H](C)OC(=O)C[C@H](C)c1ccccc1. The van der Waals surface area contributed by atoms with Gasteiger partial charge >= 0.3 is 5.97 Å². The van der Waals surface area contributed by atoms with Crippen LogP contribution in [0.2, 0.25) is 0 Å². The van der Waals surface area contributed by atoms with Crippen molar-refractivity contribution in [3.63, 3.8) is 0 Å². The number of benzene rings is 2. The van der Waals surface area contributed by atoms with Gasteiger partial charge in [-0.2, -0.15) is 0 Å². The van der Waals surface area contributed by atoms with E-state index in [0.29, 0.717) is 0 Å². The van der Waals surface area contributed by atoms with Crippen molar-refractivity contribution in [1.82, 2.24) is 0 Å². The fourth-order valence-electron chi connectivity index (χ4n) is 2.58. The van der Waals surface area contributed by atoms with Gasteiger partial charge in [-0.1, -0.05) is 37.3 Å². The first-order chi connectivity index (χ1) is 13.3. The molecule has 0 saturated heterocycles. The first-order valence-corrected chi connectivity index (χ1v) is 8.69. The van der Waals surface area contributed by atoms with E-state index in [2.05, 4.69) is 5.32 Å². The number of ether oxygens (including phenoxy) is 2. The highest BCUT2D eigenvalue weighted by Crippen LogP contribution is 2.29. The molecule has 1 N–H and O–H groups in total. The van der Waals surface area contributed by atoms with Gasteiger partial charge in [0.1, 0.15) is 5.75 Å². The highest BCUT2D eigenvalue weighted by molar-refractivity contribution is 5.96. The first-order valence-electron chi connectivity index (χ1n) is 8.69. The number of hydrogen-bond acceptors (Lipinski definition) is 6. The second-order valence-corrected chi connectivity index (χ2v) is 6.28. The molecule has 148 valence electrons. The maximum absolute atomic E-state index is 12.3. The minimum Gasteiger partial charge on any atom is -0.494 e. The van der Waals surface area contributed by atoms with Gasteiger partial charge in [-0.15, -0.1) is 0 Å². The zero-order valence-corrected chi connectivity index (χ0v) is 15.9. The van der Waals surface area contributed by atoms with Crippen molar-refractivity contribution in [3.05, 3.63) is 64.2 Å². The number of nitro benzene ring substituents is 1. The second-order valence-electron chi connectivity index (χ2n) is 6.28. The smallest absolute Gasteiger partial charge is 0.307 e. The van der Waals surface area contributed by atoms with Crippen LogP contribution in [-0.2, 0) is 14.3 Å². The summed E-state index contributed by atoms with van der Waals surface area (Å²) in [6.07, 6.45) is -0.891. The van der Waals surface area contributed by atoms with Crippen LogP contribution in [0.25, 0.3) is 0 Å². The Hall–Kier alpha value is -3.42. The van der Waals surface area contributed by atoms with E-state index in [9.17, 15) is 19.7 Å². The van der Waals surface area contributed by atoms with Crippen molar-refractivity contribution < 1.29 is 24.0 Å². The highest BCUT2D eigenvalue weighted by Gasteiger charge is 2.21. The number of amides is 1. The number of carbonyl (C=O) groups is 2. The summed E-state index contributed by atoms with van der Waals surface area (Å²) in [4.78, 5) is 34.7. The van der Waals surface area contributed by atoms with Crippen molar-refractivity contribution in [2.45, 2.75) is 32.3 Å². The average Bonchev–Trinajstić information content (AvgIpc) is 2.68. The topological polar surface area (TPSA) is 108 Å². The van der Waals surface area contributed by atoms with Crippen LogP contribution in [0.1, 0.15) is 31.7 Å². The molecule has 0 bridgehead atoms. The molecule has 2 aromatic carbocycles. The van der Waals surface area contributed by atoms with Crippen LogP contribution in [0.4, 0.5) is 11.4 Å². The van der Waals surface area contributed by atoms with E-state index >= 15 is 0 Å². The van der Waals surface area contributed by atoms with Gasteiger partial charge in [0, 0.05) is 6.07 Å². The Morgan fingerprint density at radius 1 is 1.14 bits per heavy atom. The number of rotatable bonds is 8. The Morgan fingerprint density at radius 2 is 1.82 bits per heavy atom. The zero-order chi connectivity index (χ0) is 20.7. The Bertz CT molecular complexity index is 853. The third-order valence-corrected chi connectivity index (χ3v) is 4.17. The van der Waals surface area contributed by atoms with E-state index in [0.717, 1.165) is 5.56 Å². The molecule has 0 saturated carbocycles. The summed E-state index contributed by atoms with van der Waals surface area (Å²) in [7, 11) is 1.34. The molecule has 8 nitrogen and oxygen atoms in total. The third kappa shape index (κ3) is 5.54. The lowest BCUT2D eigenvalue weighted by atomic mass is 9.98. The molecule has 0 heterocycles. The lowest BCUT2D eigenvalue weighted by Crippen LogP contribution is -2.30. The number of nitro groups is 1. The number of nitrogens with zero attached hydrogens (tertiary/aromatic N) is 1. The second kappa shape index (κ2) is 9.50. The Morgan fingerprint density at radius 3 is 2.43 bits per heavy atom. The number of hydrogen-bond donors (Lipinski definition) is 1. The van der Waals surface area contributed by atoms with Gasteiger partial charge in [0.05, 0.1) is 30.2 Å². The quantitative estimate of drug-likeness (QED) is 0.421. The van der Waals surface area contributed by atoms with Crippen LogP contribution in [0.5, 0.6) is 5.75 Å². The zero-order valence-electron chi connectivity index (χ0n) is 15.9. The number of carbonyl (C=O) groups excluding carboxylic acids is 2. The monoisotopic (exact) mass is 386 g/mol. The predicted octanol–water partition coefficient (Wildman–Crippen LogP) is 3.67. The van der Waals surface area contributed by atoms with Gasteiger partial charge in [-0.3, -0.25) is 19.7 Å². The highest BCUT2D eigenvalue weighted by atomic mass is 16.6. The summed E-state index contributed by atoms with van der Waals surface area (Å²) < 4.78 is 10.3. The van der Waals surface area contributed by atoms with Gasteiger partial charge in [-0.05, 0) is 24.5 Å². The van der Waals surface area contributed by atoms with Crippen LogP contribution < -0.4 is 10.1 Å². The summed E-state index contributed by atoms with van der Waals surface area (Å²) in [5.74, 6) is -0.958. The van der Waals surface area contributed by atoms with E-state index in [1.807, 2.05) is 37.3 Å². The van der Waals surface area contributed by atoms with Crippen molar-refractivity contribution in [3.8, 4) is 5.75 Å². The maximum atomic E-state index is 12.3. The Labute approximate surface area is 162 Å². The number of methoxy groups -OCH3 is 1. The summed E-state index contributed by atoms with van der Waals surface area (Å²) in [5.41, 5.74) is 1.09. The Balaban J connectivity index is 1.95. The average molecular weight is 386 g/mol. The lowest BCUT2D eigenvalue weighted by Gasteiger charge is -2.16. The van der Waals surface area contributed by atoms with E-state index < -0.39 is 22.9 Å². The number of non-ortho nitro benzene ring substituents is 1. The summed E-state index contributed by atoms with van der Waals surface area (Å²) in [5, 5.41) is 13.4. The molecule has 0 aliphatic rings. The summed E-state index contributed by atoms with van der Waals surface area (Å²) in [6.45, 7) is 3.36. The van der Waals surface area contributed by atoms with Gasteiger partial charge in [-0.25, -0.2) is 0 Å². The molecule has 28 heavy (non-hydrogen) atoms. The standard InChI is InChI=1S/C20H22N2O6/c1-13(15-7-5-4-6-8-15)11-19(23)28-14(2)20(24)21-17-10-9-16(22(25)26)12-18(17)27-3/h4-10,12-14H,11H2,1-3H3,(H,21,24)/t13-,14+/m0/s1. The van der Waals surface area contributed by atoms with E-state index in [4.69, 9.17) is 9.47 Å². The normalized spacial score (nSPS) is 12.5. The van der Waals surface area contributed by atoms with E-state index in [1.54, 1.807) is 0 Å². The molecule has 8 heteroatoms. The number of esters is 1. The number of nitrogens with one attached hydrogen (secondary N) is 1. The van der Waals surface area contributed by atoms with Crippen molar-refractivity contribution in [1.29, 1.82) is 0 Å². The van der Waals surface area contributed by atoms with Gasteiger partial charge in [0.2, 0.25) is 0 Å². The molecule has 0 aromatic heterocycles. The molecule has 1 amide bonds. The molecule has 2 aromatic rings. The molecule has 0 spiro atoms. The summed E-state index contributed by atoms with van der Waals surface area (Å²) >= 11 is 0. The van der Waals surface area contributed by atoms with Crippen LogP contribution >= 0.6 is 0 Å². The predicted molar refractivity (Wildman–Crippen MR) is 103 cm³/mol. The molecular weight excluding hydrogens is 364 g/mol. The number of anilines is 1. The minimum absolute atomic E-state index is 0.0428.